The fourth-order valence-electron chi connectivity index (χ4n) is 4.04. The van der Waals surface area contributed by atoms with E-state index < -0.39 is 27.4 Å². The Morgan fingerprint density at radius 1 is 1.05 bits per heavy atom. The fourth-order valence-corrected chi connectivity index (χ4v) is 6.49. The molecule has 0 saturated heterocycles. The van der Waals surface area contributed by atoms with Gasteiger partial charge in [-0.3, -0.25) is 9.78 Å². The summed E-state index contributed by atoms with van der Waals surface area (Å²) < 4.78 is 71.7. The number of aromatic nitrogens is 2. The summed E-state index contributed by atoms with van der Waals surface area (Å²) in [7, 11) is -4.31. The monoisotopic (exact) mass is 617 g/mol. The average Bonchev–Trinajstić information content (AvgIpc) is 3.36. The molecule has 0 aliphatic rings. The Hall–Kier alpha value is -3.84. The molecule has 0 saturated carbocycles. The van der Waals surface area contributed by atoms with Crippen LogP contribution in [-0.2, 0) is 15.6 Å². The highest BCUT2D eigenvalue weighted by Crippen LogP contribution is 2.41. The number of aliphatic hydroxyl groups is 1. The van der Waals surface area contributed by atoms with Crippen molar-refractivity contribution >= 4 is 48.8 Å². The van der Waals surface area contributed by atoms with E-state index in [1.165, 1.54) is 12.3 Å². The first kappa shape index (κ1) is 28.7. The van der Waals surface area contributed by atoms with E-state index in [1.54, 1.807) is 48.5 Å². The van der Waals surface area contributed by atoms with Crippen molar-refractivity contribution in [1.82, 2.24) is 9.97 Å². The van der Waals surface area contributed by atoms with Gasteiger partial charge in [-0.15, -0.1) is 11.3 Å². The van der Waals surface area contributed by atoms with E-state index in [4.69, 9.17) is 11.6 Å². The van der Waals surface area contributed by atoms with Crippen molar-refractivity contribution in [2.45, 2.75) is 23.6 Å². The fraction of sp³-hybridized carbons (Fsp3) is 0.107. The lowest BCUT2D eigenvalue weighted by Gasteiger charge is -2.26. The zero-order chi connectivity index (χ0) is 29.6. The van der Waals surface area contributed by atoms with Gasteiger partial charge in [-0.2, -0.15) is 26.0 Å². The van der Waals surface area contributed by atoms with Gasteiger partial charge in [0.2, 0.25) is 5.56 Å². The van der Waals surface area contributed by atoms with Crippen LogP contribution in [0.15, 0.2) is 99.3 Å². The van der Waals surface area contributed by atoms with Gasteiger partial charge in [0.15, 0.2) is 5.60 Å². The molecular weight excluding hydrogens is 599 g/mol. The number of nitrogens with one attached hydrogen (secondary N) is 1. The molecule has 0 radical (unpaired) electrons. The molecule has 3 heterocycles. The van der Waals surface area contributed by atoms with Crippen molar-refractivity contribution < 1.29 is 26.7 Å². The van der Waals surface area contributed by atoms with E-state index in [0.29, 0.717) is 33.0 Å². The molecule has 41 heavy (non-hydrogen) atoms. The molecule has 0 amide bonds. The standard InChI is InChI=1S/C28H19ClF3N3O4S2/c1-27(37,28(30,31)32)17-11-12-33-22(14-17)20-7-4-5-16-13-23(40-26(16)20)25(19-6-2-3-8-21(19)29)35-41(38,39)18-9-10-24(36)34-15-18/h2-15,37H,1H3,(H,34,36)/b35-25+/t27-/m1/s1. The second-order valence-electron chi connectivity index (χ2n) is 9.12. The molecule has 3 aromatic heterocycles. The van der Waals surface area contributed by atoms with Gasteiger partial charge in [-0.05, 0) is 48.2 Å². The Kier molecular flexibility index (Phi) is 7.36. The first-order valence-electron chi connectivity index (χ1n) is 11.9. The summed E-state index contributed by atoms with van der Waals surface area (Å²) in [5.74, 6) is 0. The zero-order valence-electron chi connectivity index (χ0n) is 21.0. The number of benzene rings is 2. The maximum Gasteiger partial charge on any atom is 0.421 e. The summed E-state index contributed by atoms with van der Waals surface area (Å²) >= 11 is 7.59. The topological polar surface area (TPSA) is 112 Å². The molecule has 0 aliphatic heterocycles. The number of thiophene rings is 1. The Balaban J connectivity index is 1.70. The molecule has 5 rings (SSSR count). The van der Waals surface area contributed by atoms with Gasteiger partial charge in [0.1, 0.15) is 10.6 Å². The first-order valence-corrected chi connectivity index (χ1v) is 14.5. The van der Waals surface area contributed by atoms with Crippen LogP contribution in [-0.4, -0.2) is 35.4 Å². The number of sulfonamides is 1. The molecule has 1 atom stereocenters. The number of alkyl halides is 3. The molecule has 0 fully saturated rings. The number of fused-ring (bicyclic) bond motifs is 1. The van der Waals surface area contributed by atoms with E-state index >= 15 is 0 Å². The number of rotatable bonds is 6. The summed E-state index contributed by atoms with van der Waals surface area (Å²) in [6, 6.07) is 17.8. The molecule has 0 unspecified atom stereocenters. The summed E-state index contributed by atoms with van der Waals surface area (Å²) in [5, 5.41) is 11.1. The third kappa shape index (κ3) is 5.55. The number of pyridine rings is 2. The highest BCUT2D eigenvalue weighted by atomic mass is 35.5. The van der Waals surface area contributed by atoms with E-state index in [-0.39, 0.29) is 26.9 Å². The lowest BCUT2D eigenvalue weighted by molar-refractivity contribution is -0.258. The molecule has 7 nitrogen and oxygen atoms in total. The molecule has 2 N–H and O–H groups in total. The van der Waals surface area contributed by atoms with Gasteiger partial charge in [-0.1, -0.05) is 48.0 Å². The number of nitrogens with zero attached hydrogens (tertiary/aromatic N) is 2. The van der Waals surface area contributed by atoms with Crippen LogP contribution in [0.5, 0.6) is 0 Å². The maximum absolute atomic E-state index is 13.5. The Morgan fingerprint density at radius 3 is 2.49 bits per heavy atom. The molecule has 13 heteroatoms. The molecule has 0 spiro atoms. The summed E-state index contributed by atoms with van der Waals surface area (Å²) in [4.78, 5) is 18.2. The third-order valence-electron chi connectivity index (χ3n) is 6.32. The summed E-state index contributed by atoms with van der Waals surface area (Å²) in [6.07, 6.45) is -2.68. The Bertz CT molecular complexity index is 1960. The lowest BCUT2D eigenvalue weighted by atomic mass is 9.94. The van der Waals surface area contributed by atoms with Gasteiger partial charge < -0.3 is 10.1 Å². The largest absolute Gasteiger partial charge is 0.421 e. The number of aromatic amines is 1. The van der Waals surface area contributed by atoms with E-state index in [0.717, 1.165) is 35.7 Å². The van der Waals surface area contributed by atoms with Crippen LogP contribution in [0.3, 0.4) is 0 Å². The SMILES string of the molecule is C[C@@](O)(c1ccnc(-c2cccc3cc(/C(=N/S(=O)(=O)c4ccc(=O)[nH]c4)c4ccccc4Cl)sc23)c1)C(F)(F)F. The number of H-pyrrole nitrogens is 1. The maximum atomic E-state index is 13.5. The van der Waals surface area contributed by atoms with Crippen LogP contribution < -0.4 is 5.56 Å². The van der Waals surface area contributed by atoms with Crippen LogP contribution in [0, 0.1) is 0 Å². The number of halogens is 4. The Labute approximate surface area is 240 Å². The molecular formula is C28H19ClF3N3O4S2. The van der Waals surface area contributed by atoms with E-state index in [1.807, 2.05) is 0 Å². The highest BCUT2D eigenvalue weighted by Gasteiger charge is 2.51. The van der Waals surface area contributed by atoms with Crippen molar-refractivity contribution in [2.75, 3.05) is 0 Å². The van der Waals surface area contributed by atoms with Crippen LogP contribution >= 0.6 is 22.9 Å². The molecule has 210 valence electrons. The summed E-state index contributed by atoms with van der Waals surface area (Å²) in [6.45, 7) is 0.672. The predicted octanol–water partition coefficient (Wildman–Crippen LogP) is 6.30. The van der Waals surface area contributed by atoms with Crippen LogP contribution in [0.1, 0.15) is 22.9 Å². The zero-order valence-corrected chi connectivity index (χ0v) is 23.4. The van der Waals surface area contributed by atoms with Crippen LogP contribution in [0.2, 0.25) is 5.02 Å². The third-order valence-corrected chi connectivity index (χ3v) is 9.11. The van der Waals surface area contributed by atoms with Crippen molar-refractivity contribution in [1.29, 1.82) is 0 Å². The molecule has 2 aromatic carbocycles. The van der Waals surface area contributed by atoms with Crippen molar-refractivity contribution in [2.24, 2.45) is 4.40 Å². The molecule has 5 aromatic rings. The smallest absolute Gasteiger partial charge is 0.376 e. The van der Waals surface area contributed by atoms with Crippen molar-refractivity contribution in [3.63, 3.8) is 0 Å². The van der Waals surface area contributed by atoms with Gasteiger partial charge in [0, 0.05) is 34.3 Å². The van der Waals surface area contributed by atoms with Crippen molar-refractivity contribution in [3.05, 3.63) is 117 Å². The minimum Gasteiger partial charge on any atom is -0.376 e. The lowest BCUT2D eigenvalue weighted by Crippen LogP contribution is -2.39. The van der Waals surface area contributed by atoms with E-state index in [9.17, 15) is 31.5 Å². The minimum absolute atomic E-state index is 0.0377. The molecule has 0 bridgehead atoms. The number of hydrogen-bond acceptors (Lipinski definition) is 6. The quantitative estimate of drug-likeness (QED) is 0.217. The van der Waals surface area contributed by atoms with Crippen LogP contribution in [0.4, 0.5) is 13.2 Å². The van der Waals surface area contributed by atoms with E-state index in [2.05, 4.69) is 14.4 Å². The highest BCUT2D eigenvalue weighted by molar-refractivity contribution is 7.90. The minimum atomic E-state index is -4.91. The van der Waals surface area contributed by atoms with Gasteiger partial charge in [0.25, 0.3) is 10.0 Å². The van der Waals surface area contributed by atoms with Crippen LogP contribution in [0.25, 0.3) is 21.3 Å². The second kappa shape index (κ2) is 10.5. The van der Waals surface area contributed by atoms with Crippen molar-refractivity contribution in [3.8, 4) is 11.3 Å². The van der Waals surface area contributed by atoms with Gasteiger partial charge in [-0.25, -0.2) is 0 Å². The molecule has 0 aliphatic carbocycles. The van der Waals surface area contributed by atoms with Gasteiger partial charge >= 0.3 is 6.18 Å². The number of hydrogen-bond donors (Lipinski definition) is 2. The summed E-state index contributed by atoms with van der Waals surface area (Å²) in [5.41, 5.74) is -2.94. The second-order valence-corrected chi connectivity index (χ2v) is 12.2. The normalized spacial score (nSPS) is 14.2. The van der Waals surface area contributed by atoms with Gasteiger partial charge in [0.05, 0.1) is 15.6 Å². The Morgan fingerprint density at radius 2 is 1.80 bits per heavy atom. The first-order chi connectivity index (χ1) is 19.3. The average molecular weight is 618 g/mol. The predicted molar refractivity (Wildman–Crippen MR) is 152 cm³/mol.